The Balaban J connectivity index is 1.89. The molecule has 1 heterocycles. The van der Waals surface area contributed by atoms with E-state index in [-0.39, 0.29) is 5.69 Å². The van der Waals surface area contributed by atoms with Gasteiger partial charge in [0.15, 0.2) is 4.80 Å². The quantitative estimate of drug-likeness (QED) is 0.236. The van der Waals surface area contributed by atoms with Crippen LogP contribution in [0.15, 0.2) is 53.5 Å². The number of hydrogen-bond acceptors (Lipinski definition) is 6. The first-order valence-electron chi connectivity index (χ1n) is 9.28. The van der Waals surface area contributed by atoms with Crippen LogP contribution in [0.1, 0.15) is 12.5 Å². The van der Waals surface area contributed by atoms with E-state index in [2.05, 4.69) is 4.99 Å². The van der Waals surface area contributed by atoms with Gasteiger partial charge in [-0.3, -0.25) is 14.9 Å². The van der Waals surface area contributed by atoms with Crippen molar-refractivity contribution in [3.8, 4) is 5.75 Å². The largest absolute Gasteiger partial charge is 0.497 e. The summed E-state index contributed by atoms with van der Waals surface area (Å²) in [6.45, 7) is 3.62. The summed E-state index contributed by atoms with van der Waals surface area (Å²) in [6, 6.07) is 11.7. The topological polar surface area (TPSA) is 96.0 Å². The number of fused-ring (bicyclic) bond motifs is 1. The van der Waals surface area contributed by atoms with E-state index in [0.717, 1.165) is 16.0 Å². The van der Waals surface area contributed by atoms with Gasteiger partial charge in [0.05, 0.1) is 28.9 Å². The van der Waals surface area contributed by atoms with E-state index in [0.29, 0.717) is 30.1 Å². The first-order chi connectivity index (χ1) is 14.5. The fourth-order valence-corrected chi connectivity index (χ4v) is 3.88. The summed E-state index contributed by atoms with van der Waals surface area (Å²) in [5.41, 5.74) is 1.63. The van der Waals surface area contributed by atoms with E-state index in [1.54, 1.807) is 25.3 Å². The van der Waals surface area contributed by atoms with Crippen molar-refractivity contribution in [2.75, 3.05) is 20.3 Å². The number of amides is 1. The Morgan fingerprint density at radius 3 is 2.70 bits per heavy atom. The Kier molecular flexibility index (Phi) is 7.10. The third-order valence-corrected chi connectivity index (χ3v) is 5.32. The Labute approximate surface area is 176 Å². The number of thiazole rings is 1. The van der Waals surface area contributed by atoms with Crippen LogP contribution in [-0.4, -0.2) is 35.7 Å². The molecular weight excluding hydrogens is 406 g/mol. The fourth-order valence-electron chi connectivity index (χ4n) is 2.79. The summed E-state index contributed by atoms with van der Waals surface area (Å²) in [6.07, 6.45) is 2.93. The van der Waals surface area contributed by atoms with Crippen molar-refractivity contribution in [3.05, 3.63) is 69.0 Å². The zero-order valence-corrected chi connectivity index (χ0v) is 17.4. The van der Waals surface area contributed by atoms with Gasteiger partial charge in [-0.15, -0.1) is 0 Å². The van der Waals surface area contributed by atoms with Gasteiger partial charge >= 0.3 is 0 Å². The van der Waals surface area contributed by atoms with E-state index in [1.807, 2.05) is 29.7 Å². The molecular formula is C21H21N3O5S. The van der Waals surface area contributed by atoms with Crippen molar-refractivity contribution in [3.63, 3.8) is 0 Å². The van der Waals surface area contributed by atoms with Crippen LogP contribution >= 0.6 is 11.3 Å². The highest BCUT2D eigenvalue weighted by Crippen LogP contribution is 2.23. The van der Waals surface area contributed by atoms with Crippen LogP contribution in [0.3, 0.4) is 0 Å². The van der Waals surface area contributed by atoms with Crippen molar-refractivity contribution >= 4 is 39.2 Å². The zero-order valence-electron chi connectivity index (χ0n) is 16.6. The molecule has 0 atom stereocenters. The number of carbonyl (C=O) groups is 1. The molecule has 0 N–H and O–H groups in total. The number of carbonyl (C=O) groups excluding carboxylic acids is 1. The summed E-state index contributed by atoms with van der Waals surface area (Å²) in [7, 11) is 1.61. The van der Waals surface area contributed by atoms with Crippen LogP contribution in [0, 0.1) is 10.1 Å². The second-order valence-corrected chi connectivity index (χ2v) is 7.21. The average Bonchev–Trinajstić information content (AvgIpc) is 3.08. The van der Waals surface area contributed by atoms with Crippen molar-refractivity contribution in [1.29, 1.82) is 0 Å². The molecule has 3 rings (SSSR count). The van der Waals surface area contributed by atoms with Crippen LogP contribution in [0.4, 0.5) is 5.69 Å². The number of aromatic nitrogens is 1. The van der Waals surface area contributed by atoms with Crippen LogP contribution in [0.2, 0.25) is 0 Å². The normalized spacial score (nSPS) is 12.0. The van der Waals surface area contributed by atoms with E-state index in [1.165, 1.54) is 29.5 Å². The van der Waals surface area contributed by atoms with Gasteiger partial charge in [-0.2, -0.15) is 4.99 Å². The Bertz CT molecular complexity index is 1150. The minimum atomic E-state index is -0.467. The molecule has 9 heteroatoms. The number of methoxy groups -OCH3 is 1. The molecule has 1 aromatic heterocycles. The summed E-state index contributed by atoms with van der Waals surface area (Å²) < 4.78 is 13.7. The SMILES string of the molecule is CCOCCn1c(=NC(=O)/C=C\c2ccc([N+](=O)[O-])cc2)sc2cc(OC)ccc21. The Morgan fingerprint density at radius 1 is 1.27 bits per heavy atom. The van der Waals surface area contributed by atoms with Gasteiger partial charge in [-0.25, -0.2) is 0 Å². The lowest BCUT2D eigenvalue weighted by atomic mass is 10.2. The van der Waals surface area contributed by atoms with Crippen molar-refractivity contribution < 1.29 is 19.2 Å². The highest BCUT2D eigenvalue weighted by atomic mass is 32.1. The van der Waals surface area contributed by atoms with Gasteiger partial charge in [0, 0.05) is 31.4 Å². The summed E-state index contributed by atoms with van der Waals surface area (Å²) >= 11 is 1.40. The number of hydrogen-bond donors (Lipinski definition) is 0. The zero-order chi connectivity index (χ0) is 21.5. The minimum Gasteiger partial charge on any atom is -0.497 e. The lowest BCUT2D eigenvalue weighted by molar-refractivity contribution is -0.384. The molecule has 0 aliphatic carbocycles. The van der Waals surface area contributed by atoms with Gasteiger partial charge in [0.25, 0.3) is 11.6 Å². The summed E-state index contributed by atoms with van der Waals surface area (Å²) in [4.78, 5) is 27.5. The maximum atomic E-state index is 12.4. The lowest BCUT2D eigenvalue weighted by Gasteiger charge is -2.05. The van der Waals surface area contributed by atoms with Crippen LogP contribution < -0.4 is 9.54 Å². The fraction of sp³-hybridized carbons (Fsp3) is 0.238. The highest BCUT2D eigenvalue weighted by molar-refractivity contribution is 7.16. The van der Waals surface area contributed by atoms with E-state index in [4.69, 9.17) is 9.47 Å². The number of benzene rings is 2. The van der Waals surface area contributed by atoms with Gasteiger partial charge in [0.2, 0.25) is 0 Å². The molecule has 156 valence electrons. The van der Waals surface area contributed by atoms with Gasteiger partial charge in [0.1, 0.15) is 5.75 Å². The maximum absolute atomic E-state index is 12.4. The molecule has 0 bridgehead atoms. The molecule has 0 saturated carbocycles. The molecule has 0 spiro atoms. The van der Waals surface area contributed by atoms with Crippen LogP contribution in [-0.2, 0) is 16.1 Å². The molecule has 0 aliphatic rings. The average molecular weight is 427 g/mol. The number of rotatable bonds is 8. The molecule has 2 aromatic carbocycles. The Morgan fingerprint density at radius 2 is 2.03 bits per heavy atom. The molecule has 30 heavy (non-hydrogen) atoms. The number of nitro benzene ring substituents is 1. The molecule has 0 aliphatic heterocycles. The monoisotopic (exact) mass is 427 g/mol. The number of nitro groups is 1. The molecule has 0 fully saturated rings. The third-order valence-electron chi connectivity index (χ3n) is 4.28. The predicted molar refractivity (Wildman–Crippen MR) is 116 cm³/mol. The maximum Gasteiger partial charge on any atom is 0.272 e. The minimum absolute atomic E-state index is 0.000734. The van der Waals surface area contributed by atoms with Crippen LogP contribution in [0.5, 0.6) is 5.75 Å². The number of non-ortho nitro benzene ring substituents is 1. The highest BCUT2D eigenvalue weighted by Gasteiger charge is 2.09. The number of ether oxygens (including phenoxy) is 2. The van der Waals surface area contributed by atoms with E-state index < -0.39 is 10.8 Å². The summed E-state index contributed by atoms with van der Waals surface area (Å²) in [5.74, 6) is 0.314. The van der Waals surface area contributed by atoms with Crippen molar-refractivity contribution in [2.45, 2.75) is 13.5 Å². The third kappa shape index (κ3) is 5.19. The summed E-state index contributed by atoms with van der Waals surface area (Å²) in [5, 5.41) is 10.7. The van der Waals surface area contributed by atoms with Crippen molar-refractivity contribution in [1.82, 2.24) is 4.57 Å². The molecule has 1 amide bonds. The smallest absolute Gasteiger partial charge is 0.272 e. The molecule has 3 aromatic rings. The Hall–Kier alpha value is -3.30. The number of nitrogens with zero attached hydrogens (tertiary/aromatic N) is 3. The van der Waals surface area contributed by atoms with E-state index in [9.17, 15) is 14.9 Å². The van der Waals surface area contributed by atoms with Gasteiger partial charge < -0.3 is 14.0 Å². The molecule has 0 unspecified atom stereocenters. The standard InChI is InChI=1S/C21H21N3O5S/c1-3-29-13-12-23-18-10-9-17(28-2)14-19(18)30-21(23)22-20(25)11-6-15-4-7-16(8-5-15)24(26)27/h4-11,14H,3,12-13H2,1-2H3/b11-6-,22-21?. The first-order valence-corrected chi connectivity index (χ1v) is 10.1. The molecule has 0 radical (unpaired) electrons. The molecule has 8 nitrogen and oxygen atoms in total. The van der Waals surface area contributed by atoms with E-state index >= 15 is 0 Å². The predicted octanol–water partition coefficient (Wildman–Crippen LogP) is 3.80. The van der Waals surface area contributed by atoms with Crippen molar-refractivity contribution in [2.24, 2.45) is 4.99 Å². The second kappa shape index (κ2) is 9.95. The van der Waals surface area contributed by atoms with Gasteiger partial charge in [-0.1, -0.05) is 11.3 Å². The second-order valence-electron chi connectivity index (χ2n) is 6.20. The first kappa shape index (κ1) is 21.4. The molecule has 0 saturated heterocycles. The lowest BCUT2D eigenvalue weighted by Crippen LogP contribution is -2.19. The van der Waals surface area contributed by atoms with Gasteiger partial charge in [-0.05, 0) is 48.9 Å². The van der Waals surface area contributed by atoms with Crippen LogP contribution in [0.25, 0.3) is 16.3 Å².